The first-order valence-electron chi connectivity index (χ1n) is 10.5. The fourth-order valence-corrected chi connectivity index (χ4v) is 3.94. The minimum absolute atomic E-state index is 0.193. The Morgan fingerprint density at radius 3 is 2.47 bits per heavy atom. The largest absolute Gasteiger partial charge is 0.355 e. The second kappa shape index (κ2) is 9.73. The van der Waals surface area contributed by atoms with Gasteiger partial charge in [-0.05, 0) is 25.3 Å². The number of carbonyl (C=O) groups excluding carboxylic acids is 1. The third kappa shape index (κ3) is 5.17. The summed E-state index contributed by atoms with van der Waals surface area (Å²) in [5.41, 5.74) is 0.771. The number of rotatable bonds is 7. The fraction of sp³-hybridized carbons (Fsp3) is 0.545. The van der Waals surface area contributed by atoms with E-state index in [1.807, 2.05) is 50.8 Å². The Hall–Kier alpha value is -2.90. The molecule has 0 spiro atoms. The van der Waals surface area contributed by atoms with E-state index >= 15 is 0 Å². The van der Waals surface area contributed by atoms with Crippen molar-refractivity contribution >= 4 is 11.9 Å². The zero-order chi connectivity index (χ0) is 21.6. The van der Waals surface area contributed by atoms with Gasteiger partial charge in [0.1, 0.15) is 5.82 Å². The van der Waals surface area contributed by atoms with E-state index in [4.69, 9.17) is 4.99 Å². The number of hydrogen-bond acceptors (Lipinski definition) is 4. The van der Waals surface area contributed by atoms with Crippen LogP contribution in [0.2, 0.25) is 0 Å². The molecule has 0 unspecified atom stereocenters. The Morgan fingerprint density at radius 2 is 1.87 bits per heavy atom. The molecule has 0 bridgehead atoms. The Morgan fingerprint density at radius 1 is 1.17 bits per heavy atom. The number of hydrogen-bond donors (Lipinski definition) is 2. The van der Waals surface area contributed by atoms with Crippen LogP contribution >= 0.6 is 0 Å². The number of aliphatic imine (C=N–C) groups is 1. The number of aromatic nitrogens is 3. The SMILES string of the molecule is Cc1nnc(CNC(=NCc2ccccc2)NCC2(C(=O)N(C)C)CCCC2)n1C. The summed E-state index contributed by atoms with van der Waals surface area (Å²) in [6, 6.07) is 10.1. The highest BCUT2D eigenvalue weighted by Crippen LogP contribution is 2.38. The Labute approximate surface area is 178 Å². The topological polar surface area (TPSA) is 87.4 Å². The summed E-state index contributed by atoms with van der Waals surface area (Å²) < 4.78 is 1.95. The Bertz CT molecular complexity index is 867. The maximum atomic E-state index is 12.9. The van der Waals surface area contributed by atoms with Crippen molar-refractivity contribution in [3.63, 3.8) is 0 Å². The molecule has 1 saturated carbocycles. The summed E-state index contributed by atoms with van der Waals surface area (Å²) in [4.78, 5) is 19.4. The predicted octanol–water partition coefficient (Wildman–Crippen LogP) is 2.01. The average Bonchev–Trinajstić information content (AvgIpc) is 3.36. The summed E-state index contributed by atoms with van der Waals surface area (Å²) in [5, 5.41) is 15.1. The molecule has 1 aromatic heterocycles. The summed E-state index contributed by atoms with van der Waals surface area (Å²) in [7, 11) is 5.62. The van der Waals surface area contributed by atoms with Crippen LogP contribution in [0.25, 0.3) is 0 Å². The first-order valence-corrected chi connectivity index (χ1v) is 10.5. The summed E-state index contributed by atoms with van der Waals surface area (Å²) in [6.45, 7) is 3.56. The zero-order valence-corrected chi connectivity index (χ0v) is 18.5. The van der Waals surface area contributed by atoms with Crippen molar-refractivity contribution < 1.29 is 4.79 Å². The predicted molar refractivity (Wildman–Crippen MR) is 118 cm³/mol. The van der Waals surface area contributed by atoms with Crippen LogP contribution in [0.5, 0.6) is 0 Å². The smallest absolute Gasteiger partial charge is 0.230 e. The third-order valence-corrected chi connectivity index (χ3v) is 5.87. The lowest BCUT2D eigenvalue weighted by Crippen LogP contribution is -2.49. The quantitative estimate of drug-likeness (QED) is 0.538. The van der Waals surface area contributed by atoms with Gasteiger partial charge in [0, 0.05) is 27.7 Å². The monoisotopic (exact) mass is 411 g/mol. The highest BCUT2D eigenvalue weighted by atomic mass is 16.2. The first-order chi connectivity index (χ1) is 14.4. The van der Waals surface area contributed by atoms with Crippen LogP contribution in [-0.2, 0) is 24.9 Å². The molecule has 2 N–H and O–H groups in total. The molecule has 1 aliphatic rings. The molecule has 8 heteroatoms. The van der Waals surface area contributed by atoms with Gasteiger partial charge >= 0.3 is 0 Å². The molecule has 8 nitrogen and oxygen atoms in total. The summed E-state index contributed by atoms with van der Waals surface area (Å²) in [5.74, 6) is 2.57. The molecule has 162 valence electrons. The highest BCUT2D eigenvalue weighted by molar-refractivity contribution is 5.85. The van der Waals surface area contributed by atoms with Crippen molar-refractivity contribution in [3.8, 4) is 0 Å². The van der Waals surface area contributed by atoms with E-state index < -0.39 is 0 Å². The van der Waals surface area contributed by atoms with Crippen molar-refractivity contribution in [2.75, 3.05) is 20.6 Å². The van der Waals surface area contributed by atoms with Crippen LogP contribution in [0.3, 0.4) is 0 Å². The molecular weight excluding hydrogens is 378 g/mol. The van der Waals surface area contributed by atoms with Crippen LogP contribution in [0.15, 0.2) is 35.3 Å². The number of nitrogens with zero attached hydrogens (tertiary/aromatic N) is 5. The molecule has 1 heterocycles. The molecule has 2 aromatic rings. The van der Waals surface area contributed by atoms with E-state index in [-0.39, 0.29) is 11.3 Å². The highest BCUT2D eigenvalue weighted by Gasteiger charge is 2.42. The number of carbonyl (C=O) groups is 1. The molecular formula is C22H33N7O. The lowest BCUT2D eigenvalue weighted by Gasteiger charge is -2.31. The van der Waals surface area contributed by atoms with Gasteiger partial charge in [-0.1, -0.05) is 43.2 Å². The van der Waals surface area contributed by atoms with Crippen LogP contribution in [0.1, 0.15) is 42.9 Å². The van der Waals surface area contributed by atoms with Crippen molar-refractivity contribution in [1.82, 2.24) is 30.3 Å². The zero-order valence-electron chi connectivity index (χ0n) is 18.5. The number of amides is 1. The molecule has 0 radical (unpaired) electrons. The van der Waals surface area contributed by atoms with Crippen LogP contribution in [-0.4, -0.2) is 52.2 Å². The van der Waals surface area contributed by atoms with Crippen molar-refractivity contribution in [3.05, 3.63) is 47.5 Å². The molecule has 0 saturated heterocycles. The van der Waals surface area contributed by atoms with E-state index in [1.165, 1.54) is 0 Å². The minimum atomic E-state index is -0.361. The number of guanidine groups is 1. The van der Waals surface area contributed by atoms with Crippen molar-refractivity contribution in [2.45, 2.75) is 45.7 Å². The molecule has 0 atom stereocenters. The van der Waals surface area contributed by atoms with E-state index in [0.29, 0.717) is 25.6 Å². The maximum absolute atomic E-state index is 12.9. The standard InChI is InChI=1S/C22H33N7O/c1-17-26-27-19(29(17)4)15-24-21(23-14-18-10-6-5-7-11-18)25-16-22(12-8-9-13-22)20(30)28(2)3/h5-7,10-11H,8-9,12-16H2,1-4H3,(H2,23,24,25). The van der Waals surface area contributed by atoms with Gasteiger partial charge in [0.15, 0.2) is 11.8 Å². The van der Waals surface area contributed by atoms with Crippen LogP contribution in [0.4, 0.5) is 0 Å². The van der Waals surface area contributed by atoms with Gasteiger partial charge in [-0.3, -0.25) is 4.79 Å². The number of benzene rings is 1. The Kier molecular flexibility index (Phi) is 7.07. The fourth-order valence-electron chi connectivity index (χ4n) is 3.94. The second-order valence-electron chi connectivity index (χ2n) is 8.27. The number of nitrogens with one attached hydrogen (secondary N) is 2. The minimum Gasteiger partial charge on any atom is -0.355 e. The average molecular weight is 412 g/mol. The van der Waals surface area contributed by atoms with E-state index in [1.54, 1.807) is 4.90 Å². The van der Waals surface area contributed by atoms with Gasteiger partial charge in [0.05, 0.1) is 18.5 Å². The van der Waals surface area contributed by atoms with E-state index in [2.05, 4.69) is 33.0 Å². The van der Waals surface area contributed by atoms with Crippen molar-refractivity contribution in [2.24, 2.45) is 17.5 Å². The second-order valence-corrected chi connectivity index (χ2v) is 8.27. The summed E-state index contributed by atoms with van der Waals surface area (Å²) >= 11 is 0. The summed E-state index contributed by atoms with van der Waals surface area (Å²) in [6.07, 6.45) is 3.99. The maximum Gasteiger partial charge on any atom is 0.230 e. The van der Waals surface area contributed by atoms with Gasteiger partial charge in [-0.2, -0.15) is 0 Å². The third-order valence-electron chi connectivity index (χ3n) is 5.87. The van der Waals surface area contributed by atoms with Crippen LogP contribution < -0.4 is 10.6 Å². The van der Waals surface area contributed by atoms with Gasteiger partial charge in [-0.25, -0.2) is 4.99 Å². The molecule has 1 fully saturated rings. The van der Waals surface area contributed by atoms with Crippen molar-refractivity contribution in [1.29, 1.82) is 0 Å². The first kappa shape index (κ1) is 21.8. The lowest BCUT2D eigenvalue weighted by atomic mass is 9.84. The molecule has 30 heavy (non-hydrogen) atoms. The lowest BCUT2D eigenvalue weighted by molar-refractivity contribution is -0.138. The molecule has 1 amide bonds. The van der Waals surface area contributed by atoms with Crippen LogP contribution in [0, 0.1) is 12.3 Å². The van der Waals surface area contributed by atoms with Gasteiger partial charge in [0.2, 0.25) is 5.91 Å². The normalized spacial score (nSPS) is 15.8. The van der Waals surface area contributed by atoms with Gasteiger partial charge < -0.3 is 20.1 Å². The van der Waals surface area contributed by atoms with Gasteiger partial charge in [0.25, 0.3) is 0 Å². The molecule has 0 aliphatic heterocycles. The van der Waals surface area contributed by atoms with E-state index in [0.717, 1.165) is 42.9 Å². The number of aryl methyl sites for hydroxylation is 1. The Balaban J connectivity index is 1.72. The van der Waals surface area contributed by atoms with E-state index in [9.17, 15) is 4.79 Å². The molecule has 1 aliphatic carbocycles. The molecule has 3 rings (SSSR count). The molecule has 1 aromatic carbocycles. The van der Waals surface area contributed by atoms with Gasteiger partial charge in [-0.15, -0.1) is 10.2 Å².